The van der Waals surface area contributed by atoms with Gasteiger partial charge in [0.1, 0.15) is 11.6 Å². The highest BCUT2D eigenvalue weighted by Gasteiger charge is 2.12. The van der Waals surface area contributed by atoms with Crippen molar-refractivity contribution in [2.75, 3.05) is 0 Å². The van der Waals surface area contributed by atoms with Crippen molar-refractivity contribution in [1.82, 2.24) is 25.6 Å². The van der Waals surface area contributed by atoms with E-state index in [9.17, 15) is 10.1 Å². The molecule has 0 bridgehead atoms. The molecule has 0 aliphatic carbocycles. The maximum Gasteiger partial charge on any atom is 0.266 e. The average Bonchev–Trinajstić information content (AvgIpc) is 3.01. The van der Waals surface area contributed by atoms with Gasteiger partial charge < -0.3 is 4.98 Å². The molecule has 2 aromatic heterocycles. The third-order valence-corrected chi connectivity index (χ3v) is 3.06. The minimum Gasteiger partial charge on any atom is -0.325 e. The van der Waals surface area contributed by atoms with Crippen LogP contribution >= 0.6 is 0 Å². The molecule has 3 rings (SSSR count). The number of aromatic amines is 2. The molecule has 0 aliphatic heterocycles. The molecule has 102 valence electrons. The van der Waals surface area contributed by atoms with E-state index in [1.165, 1.54) is 0 Å². The Labute approximate surface area is 119 Å². The Morgan fingerprint density at radius 3 is 2.76 bits per heavy atom. The van der Waals surface area contributed by atoms with Gasteiger partial charge in [-0.1, -0.05) is 18.2 Å². The summed E-state index contributed by atoms with van der Waals surface area (Å²) in [6.45, 7) is 1.77. The van der Waals surface area contributed by atoms with Gasteiger partial charge in [-0.3, -0.25) is 4.79 Å². The van der Waals surface area contributed by atoms with Crippen LogP contribution in [0.2, 0.25) is 0 Å². The molecule has 0 unspecified atom stereocenters. The predicted octanol–water partition coefficient (Wildman–Crippen LogP) is 1.40. The number of nitrogens with one attached hydrogen (secondary N) is 2. The van der Waals surface area contributed by atoms with Crippen molar-refractivity contribution in [1.29, 1.82) is 5.26 Å². The van der Waals surface area contributed by atoms with E-state index in [2.05, 4.69) is 25.6 Å². The molecule has 1 aromatic carbocycles. The second-order valence-electron chi connectivity index (χ2n) is 4.50. The van der Waals surface area contributed by atoms with Gasteiger partial charge >= 0.3 is 0 Å². The number of pyridine rings is 1. The first-order chi connectivity index (χ1) is 10.2. The highest BCUT2D eigenvalue weighted by molar-refractivity contribution is 5.74. The molecule has 0 spiro atoms. The molecule has 3 aromatic rings. The molecule has 0 amide bonds. The molecular weight excluding hydrogens is 268 g/mol. The van der Waals surface area contributed by atoms with Gasteiger partial charge in [0.15, 0.2) is 0 Å². The fraction of sp³-hybridized carbons (Fsp3) is 0.0714. The van der Waals surface area contributed by atoms with Gasteiger partial charge in [-0.05, 0) is 29.8 Å². The maximum atomic E-state index is 11.9. The Morgan fingerprint density at radius 1 is 1.24 bits per heavy atom. The Bertz CT molecular complexity index is 889. The maximum absolute atomic E-state index is 11.9. The van der Waals surface area contributed by atoms with E-state index in [1.807, 2.05) is 30.3 Å². The standard InChI is InChI=1S/C14H10N6O/c1-8-5-11(12(7-15)14(21)16-8)9-3-2-4-10(6-9)13-17-19-20-18-13/h2-6H,1H3,(H,16,21)(H,17,18,19,20). The van der Waals surface area contributed by atoms with Gasteiger partial charge in [0.05, 0.1) is 0 Å². The molecule has 0 radical (unpaired) electrons. The smallest absolute Gasteiger partial charge is 0.266 e. The minimum atomic E-state index is -0.391. The SMILES string of the molecule is Cc1cc(-c2cccc(-c3nn[nH]n3)c2)c(C#N)c(=O)[nH]1. The van der Waals surface area contributed by atoms with E-state index in [4.69, 9.17) is 0 Å². The Hall–Kier alpha value is -3.27. The van der Waals surface area contributed by atoms with Crippen LogP contribution in [0.5, 0.6) is 0 Å². The third kappa shape index (κ3) is 2.30. The molecule has 0 saturated heterocycles. The molecule has 2 heterocycles. The lowest BCUT2D eigenvalue weighted by molar-refractivity contribution is 0.881. The quantitative estimate of drug-likeness (QED) is 0.736. The summed E-state index contributed by atoms with van der Waals surface area (Å²) in [5.41, 5.74) is 2.48. The van der Waals surface area contributed by atoms with E-state index >= 15 is 0 Å². The van der Waals surface area contributed by atoms with Crippen LogP contribution in [0, 0.1) is 18.3 Å². The summed E-state index contributed by atoms with van der Waals surface area (Å²) in [6.07, 6.45) is 0. The van der Waals surface area contributed by atoms with Crippen LogP contribution in [-0.2, 0) is 0 Å². The minimum absolute atomic E-state index is 0.0888. The van der Waals surface area contributed by atoms with Crippen molar-refractivity contribution in [2.24, 2.45) is 0 Å². The third-order valence-electron chi connectivity index (χ3n) is 3.06. The summed E-state index contributed by atoms with van der Waals surface area (Å²) in [5, 5.41) is 22.9. The molecule has 2 N–H and O–H groups in total. The number of H-pyrrole nitrogens is 2. The van der Waals surface area contributed by atoms with Crippen molar-refractivity contribution in [3.63, 3.8) is 0 Å². The molecule has 7 nitrogen and oxygen atoms in total. The molecule has 7 heteroatoms. The molecule has 0 atom stereocenters. The number of hydrogen-bond acceptors (Lipinski definition) is 5. The number of tetrazole rings is 1. The zero-order valence-corrected chi connectivity index (χ0v) is 11.1. The Morgan fingerprint density at radius 2 is 2.05 bits per heavy atom. The van der Waals surface area contributed by atoms with E-state index in [1.54, 1.807) is 13.0 Å². The van der Waals surface area contributed by atoms with E-state index in [0.29, 0.717) is 17.1 Å². The lowest BCUT2D eigenvalue weighted by Gasteiger charge is -2.06. The highest BCUT2D eigenvalue weighted by atomic mass is 16.1. The lowest BCUT2D eigenvalue weighted by atomic mass is 9.99. The van der Waals surface area contributed by atoms with Crippen molar-refractivity contribution >= 4 is 0 Å². The molecule has 0 aliphatic rings. The average molecular weight is 278 g/mol. The Balaban J connectivity index is 2.21. The van der Waals surface area contributed by atoms with E-state index in [-0.39, 0.29) is 5.56 Å². The number of rotatable bonds is 2. The van der Waals surface area contributed by atoms with Crippen LogP contribution in [0.3, 0.4) is 0 Å². The van der Waals surface area contributed by atoms with E-state index < -0.39 is 5.56 Å². The summed E-state index contributed by atoms with van der Waals surface area (Å²) < 4.78 is 0. The van der Waals surface area contributed by atoms with Gasteiger partial charge in [-0.25, -0.2) is 0 Å². The van der Waals surface area contributed by atoms with Gasteiger partial charge in [0.2, 0.25) is 5.82 Å². The fourth-order valence-electron chi connectivity index (χ4n) is 2.14. The first kappa shape index (κ1) is 12.7. The number of aromatic nitrogens is 5. The Kier molecular flexibility index (Phi) is 3.04. The molecular formula is C14H10N6O. The second kappa shape index (κ2) is 5.02. The van der Waals surface area contributed by atoms with Crippen LogP contribution in [0.15, 0.2) is 35.1 Å². The van der Waals surface area contributed by atoms with Crippen LogP contribution in [0.25, 0.3) is 22.5 Å². The normalized spacial score (nSPS) is 10.3. The highest BCUT2D eigenvalue weighted by Crippen LogP contribution is 2.25. The zero-order valence-electron chi connectivity index (χ0n) is 11.1. The predicted molar refractivity (Wildman–Crippen MR) is 75.1 cm³/mol. The second-order valence-corrected chi connectivity index (χ2v) is 4.50. The fourth-order valence-corrected chi connectivity index (χ4v) is 2.14. The van der Waals surface area contributed by atoms with E-state index in [0.717, 1.165) is 11.1 Å². The number of hydrogen-bond donors (Lipinski definition) is 2. The first-order valence-electron chi connectivity index (χ1n) is 6.17. The molecule has 0 fully saturated rings. The van der Waals surface area contributed by atoms with Gasteiger partial charge in [-0.15, -0.1) is 10.2 Å². The first-order valence-corrected chi connectivity index (χ1v) is 6.17. The van der Waals surface area contributed by atoms with Crippen molar-refractivity contribution in [2.45, 2.75) is 6.92 Å². The van der Waals surface area contributed by atoms with Crippen LogP contribution in [0.4, 0.5) is 0 Å². The van der Waals surface area contributed by atoms with Crippen LogP contribution < -0.4 is 5.56 Å². The van der Waals surface area contributed by atoms with Crippen molar-refractivity contribution in [3.05, 3.63) is 51.9 Å². The van der Waals surface area contributed by atoms with Gasteiger partial charge in [0, 0.05) is 16.8 Å². The summed E-state index contributed by atoms with van der Waals surface area (Å²) in [4.78, 5) is 14.5. The van der Waals surface area contributed by atoms with Crippen LogP contribution in [0.1, 0.15) is 11.3 Å². The summed E-state index contributed by atoms with van der Waals surface area (Å²) in [5.74, 6) is 0.455. The summed E-state index contributed by atoms with van der Waals surface area (Å²) >= 11 is 0. The molecule has 0 saturated carbocycles. The van der Waals surface area contributed by atoms with Crippen molar-refractivity contribution in [3.8, 4) is 28.6 Å². The molecule has 21 heavy (non-hydrogen) atoms. The monoisotopic (exact) mass is 278 g/mol. The zero-order chi connectivity index (χ0) is 14.8. The van der Waals surface area contributed by atoms with Gasteiger partial charge in [-0.2, -0.15) is 10.5 Å². The van der Waals surface area contributed by atoms with Crippen LogP contribution in [-0.4, -0.2) is 25.6 Å². The van der Waals surface area contributed by atoms with Gasteiger partial charge in [0.25, 0.3) is 5.56 Å². The topological polar surface area (TPSA) is 111 Å². The number of aryl methyl sites for hydroxylation is 1. The largest absolute Gasteiger partial charge is 0.325 e. The lowest BCUT2D eigenvalue weighted by Crippen LogP contribution is -2.12. The number of nitriles is 1. The number of benzene rings is 1. The summed E-state index contributed by atoms with van der Waals surface area (Å²) in [6, 6.07) is 11.0. The summed E-state index contributed by atoms with van der Waals surface area (Å²) in [7, 11) is 0. The number of nitrogens with zero attached hydrogens (tertiary/aromatic N) is 4. The van der Waals surface area contributed by atoms with Crippen molar-refractivity contribution < 1.29 is 0 Å².